The molecule has 80 heavy (non-hydrogen) atoms. The van der Waals surface area contributed by atoms with Crippen LogP contribution in [0.2, 0.25) is 0 Å². The molecule has 14 aromatic rings. The number of rotatable bonds is 5. The van der Waals surface area contributed by atoms with Crippen LogP contribution in [0.4, 0.5) is 17.1 Å². The highest BCUT2D eigenvalue weighted by Crippen LogP contribution is 2.66. The lowest BCUT2D eigenvalue weighted by Gasteiger charge is -2.39. The predicted octanol–water partition coefficient (Wildman–Crippen LogP) is 19.8. The molecule has 2 heteroatoms. The smallest absolute Gasteiger partial charge is 0.0755 e. The van der Waals surface area contributed by atoms with Crippen molar-refractivity contribution in [2.24, 2.45) is 0 Å². The van der Waals surface area contributed by atoms with Gasteiger partial charge < -0.3 is 9.47 Å². The van der Waals surface area contributed by atoms with Gasteiger partial charge in [-0.3, -0.25) is 0 Å². The van der Waals surface area contributed by atoms with E-state index in [1.807, 2.05) is 0 Å². The summed E-state index contributed by atoms with van der Waals surface area (Å²) in [5.41, 5.74) is 28.8. The van der Waals surface area contributed by atoms with Gasteiger partial charge in [-0.2, -0.15) is 0 Å². The van der Waals surface area contributed by atoms with Crippen molar-refractivity contribution in [1.82, 2.24) is 4.57 Å². The largest absolute Gasteiger partial charge is 0.309 e. The van der Waals surface area contributed by atoms with Crippen LogP contribution in [0.15, 0.2) is 291 Å². The number of hydrogen-bond donors (Lipinski definition) is 0. The molecule has 0 N–H and O–H groups in total. The molecular weight excluding hydrogens is 965 g/mol. The van der Waals surface area contributed by atoms with Gasteiger partial charge in [-0.1, -0.05) is 255 Å². The van der Waals surface area contributed by atoms with Crippen molar-refractivity contribution < 1.29 is 0 Å². The molecule has 13 aromatic carbocycles. The van der Waals surface area contributed by atoms with Crippen molar-refractivity contribution in [3.05, 3.63) is 336 Å². The third-order valence-corrected chi connectivity index (χ3v) is 18.6. The summed E-state index contributed by atoms with van der Waals surface area (Å²) in [5, 5.41) is 5.08. The Hall–Kier alpha value is -10.3. The van der Waals surface area contributed by atoms with Gasteiger partial charge in [-0.15, -0.1) is 0 Å². The summed E-state index contributed by atoms with van der Waals surface area (Å²) in [6, 6.07) is 110. The molecule has 1 aromatic heterocycles. The van der Waals surface area contributed by atoms with E-state index in [9.17, 15) is 0 Å². The lowest BCUT2D eigenvalue weighted by Crippen LogP contribution is -2.33. The molecule has 0 fully saturated rings. The number of benzene rings is 13. The predicted molar refractivity (Wildman–Crippen MR) is 331 cm³/mol. The first-order valence-electron chi connectivity index (χ1n) is 28.0. The first-order valence-corrected chi connectivity index (χ1v) is 28.0. The standard InChI is InChI=1S/C78H48N2/c1-2-20-49(21-3-1)50-40-42-52(43-41-50)54-23-9-15-36-70(54)79(53-45-46-61-69(48-53)77(67-47-44-51-22-4-5-24-55(51)74(61)67)62-30-11-6-25-56(62)57-26-7-12-31-63(57)77)73-39-19-34-66-75(73)60-28-8-13-32-64(60)78(66)65-33-14-17-38-72(65)80-71-37-16-10-27-58(71)59-29-18-35-68(78)76(59)80/h1-48H. The van der Waals surface area contributed by atoms with Crippen LogP contribution in [0, 0.1) is 0 Å². The highest BCUT2D eigenvalue weighted by Gasteiger charge is 2.54. The molecule has 1 unspecified atom stereocenters. The van der Waals surface area contributed by atoms with Gasteiger partial charge >= 0.3 is 0 Å². The molecule has 3 aliphatic carbocycles. The Balaban J connectivity index is 0.949. The van der Waals surface area contributed by atoms with E-state index in [0.29, 0.717) is 0 Å². The van der Waals surface area contributed by atoms with E-state index in [0.717, 1.165) is 28.2 Å². The van der Waals surface area contributed by atoms with Crippen LogP contribution in [0.5, 0.6) is 0 Å². The van der Waals surface area contributed by atoms with Crippen molar-refractivity contribution in [1.29, 1.82) is 0 Å². The van der Waals surface area contributed by atoms with Crippen molar-refractivity contribution >= 4 is 49.6 Å². The Morgan fingerprint density at radius 3 is 1.60 bits per heavy atom. The molecule has 0 saturated heterocycles. The SMILES string of the molecule is c1ccc(-c2ccc(-c3ccccc3N(c3ccc4c(c3)C3(c5ccccc5-c5ccccc53)c3ccc5ccccc5c3-4)c3cccc4c3-c3ccccc3C43c4ccccc4-n4c5ccccc5c5cccc3c54)cc2)cc1. The normalized spacial score (nSPS) is 15.2. The second kappa shape index (κ2) is 16.1. The fourth-order valence-electron chi connectivity index (χ4n) is 15.6. The highest BCUT2D eigenvalue weighted by molar-refractivity contribution is 6.14. The Bertz CT molecular complexity index is 4920. The molecule has 2 heterocycles. The monoisotopic (exact) mass is 1010 g/mol. The summed E-state index contributed by atoms with van der Waals surface area (Å²) in [4.78, 5) is 2.61. The fraction of sp³-hybridized carbons (Fsp3) is 0.0256. The van der Waals surface area contributed by atoms with Crippen LogP contribution in [-0.2, 0) is 10.8 Å². The van der Waals surface area contributed by atoms with Crippen molar-refractivity contribution in [3.63, 3.8) is 0 Å². The molecule has 1 atom stereocenters. The van der Waals surface area contributed by atoms with Gasteiger partial charge in [-0.25, -0.2) is 0 Å². The molecule has 4 aliphatic rings. The fourth-order valence-corrected chi connectivity index (χ4v) is 15.6. The van der Waals surface area contributed by atoms with Crippen LogP contribution in [0.3, 0.4) is 0 Å². The Labute approximate surface area is 464 Å². The first kappa shape index (κ1) is 43.8. The zero-order valence-electron chi connectivity index (χ0n) is 43.6. The second-order valence-corrected chi connectivity index (χ2v) is 22.1. The summed E-state index contributed by atoms with van der Waals surface area (Å²) in [6.07, 6.45) is 0. The van der Waals surface area contributed by atoms with Gasteiger partial charge in [0, 0.05) is 27.6 Å². The number of aromatic nitrogens is 1. The number of anilines is 3. The molecule has 0 saturated carbocycles. The molecule has 0 amide bonds. The van der Waals surface area contributed by atoms with Crippen molar-refractivity contribution in [2.45, 2.75) is 10.8 Å². The zero-order valence-corrected chi connectivity index (χ0v) is 43.6. The summed E-state index contributed by atoms with van der Waals surface area (Å²) < 4.78 is 2.54. The molecule has 1 aliphatic heterocycles. The van der Waals surface area contributed by atoms with Crippen molar-refractivity contribution in [2.75, 3.05) is 4.90 Å². The molecule has 18 rings (SSSR count). The maximum absolute atomic E-state index is 2.61. The summed E-state index contributed by atoms with van der Waals surface area (Å²) in [7, 11) is 0. The van der Waals surface area contributed by atoms with E-state index in [2.05, 4.69) is 301 Å². The average molecular weight is 1010 g/mol. The van der Waals surface area contributed by atoms with Gasteiger partial charge in [0.25, 0.3) is 0 Å². The van der Waals surface area contributed by atoms with E-state index in [-0.39, 0.29) is 0 Å². The zero-order chi connectivity index (χ0) is 52.3. The van der Waals surface area contributed by atoms with Gasteiger partial charge in [0.05, 0.1) is 38.9 Å². The molecule has 2 nitrogen and oxygen atoms in total. The minimum atomic E-state index is -0.622. The highest BCUT2D eigenvalue weighted by atomic mass is 15.1. The summed E-state index contributed by atoms with van der Waals surface area (Å²) in [6.45, 7) is 0. The van der Waals surface area contributed by atoms with Gasteiger partial charge in [-0.05, 0) is 136 Å². The minimum absolute atomic E-state index is 0.561. The molecule has 0 bridgehead atoms. The van der Waals surface area contributed by atoms with Crippen LogP contribution in [-0.4, -0.2) is 4.57 Å². The number of para-hydroxylation sites is 4. The lowest BCUT2D eigenvalue weighted by atomic mass is 9.65. The van der Waals surface area contributed by atoms with E-state index in [1.54, 1.807) is 0 Å². The Kier molecular flexibility index (Phi) is 8.83. The van der Waals surface area contributed by atoms with E-state index in [4.69, 9.17) is 0 Å². The van der Waals surface area contributed by atoms with E-state index < -0.39 is 10.8 Å². The molecule has 370 valence electrons. The average Bonchev–Trinajstić information content (AvgIpc) is 4.13. The lowest BCUT2D eigenvalue weighted by molar-refractivity contribution is 0.748. The third kappa shape index (κ3) is 5.47. The van der Waals surface area contributed by atoms with Gasteiger partial charge in [0.15, 0.2) is 0 Å². The van der Waals surface area contributed by atoms with Crippen molar-refractivity contribution in [3.8, 4) is 61.3 Å². The summed E-state index contributed by atoms with van der Waals surface area (Å²) >= 11 is 0. The van der Waals surface area contributed by atoms with E-state index >= 15 is 0 Å². The van der Waals surface area contributed by atoms with Crippen LogP contribution < -0.4 is 4.90 Å². The van der Waals surface area contributed by atoms with Crippen LogP contribution in [0.25, 0.3) is 93.9 Å². The molecular formula is C78H48N2. The first-order chi connectivity index (χ1) is 39.7. The Morgan fingerprint density at radius 1 is 0.275 bits per heavy atom. The second-order valence-electron chi connectivity index (χ2n) is 22.1. The van der Waals surface area contributed by atoms with Crippen LogP contribution >= 0.6 is 0 Å². The molecule has 2 spiro atoms. The quantitative estimate of drug-likeness (QED) is 0.167. The minimum Gasteiger partial charge on any atom is -0.309 e. The Morgan fingerprint density at radius 2 is 0.800 bits per heavy atom. The number of fused-ring (bicyclic) bond motifs is 24. The maximum Gasteiger partial charge on any atom is 0.0755 e. The number of nitrogens with zero attached hydrogens (tertiary/aromatic N) is 2. The summed E-state index contributed by atoms with van der Waals surface area (Å²) in [5.74, 6) is 0. The topological polar surface area (TPSA) is 8.17 Å². The van der Waals surface area contributed by atoms with Crippen LogP contribution in [0.1, 0.15) is 44.5 Å². The molecule has 0 radical (unpaired) electrons. The van der Waals surface area contributed by atoms with Gasteiger partial charge in [0.2, 0.25) is 0 Å². The van der Waals surface area contributed by atoms with E-state index in [1.165, 1.54) is 127 Å². The maximum atomic E-state index is 2.61. The van der Waals surface area contributed by atoms with Gasteiger partial charge in [0.1, 0.15) is 0 Å². The number of hydrogen-bond acceptors (Lipinski definition) is 1. The third-order valence-electron chi connectivity index (χ3n) is 18.6.